The molecule has 1 saturated heterocycles. The molecule has 0 bridgehead atoms. The zero-order valence-electron chi connectivity index (χ0n) is 21.3. The van der Waals surface area contributed by atoms with Crippen LogP contribution in [0.25, 0.3) is 5.76 Å². The van der Waals surface area contributed by atoms with Crippen LogP contribution in [0.2, 0.25) is 5.02 Å². The van der Waals surface area contributed by atoms with Gasteiger partial charge in [0, 0.05) is 18.9 Å². The van der Waals surface area contributed by atoms with Gasteiger partial charge in [0.15, 0.2) is 0 Å². The summed E-state index contributed by atoms with van der Waals surface area (Å²) in [7, 11) is 1.43. The molecule has 8 heteroatoms. The number of carbonyl (C=O) groups excluding carboxylic acids is 2. The Morgan fingerprint density at radius 3 is 2.41 bits per heavy atom. The van der Waals surface area contributed by atoms with Crippen LogP contribution in [0.4, 0.5) is 0 Å². The van der Waals surface area contributed by atoms with Gasteiger partial charge in [0.1, 0.15) is 23.0 Å². The number of aliphatic hydroxyl groups is 1. The summed E-state index contributed by atoms with van der Waals surface area (Å²) in [5.74, 6) is -0.539. The summed E-state index contributed by atoms with van der Waals surface area (Å²) in [5, 5.41) is 11.9. The van der Waals surface area contributed by atoms with Crippen molar-refractivity contribution in [3.63, 3.8) is 0 Å². The van der Waals surface area contributed by atoms with Crippen LogP contribution >= 0.6 is 11.6 Å². The van der Waals surface area contributed by atoms with E-state index in [1.807, 2.05) is 37.3 Å². The van der Waals surface area contributed by atoms with Crippen molar-refractivity contribution in [3.8, 4) is 17.2 Å². The molecule has 39 heavy (non-hydrogen) atoms. The Morgan fingerprint density at radius 2 is 1.69 bits per heavy atom. The highest BCUT2D eigenvalue weighted by Crippen LogP contribution is 2.44. The Kier molecular flexibility index (Phi) is 7.34. The first-order valence-electron chi connectivity index (χ1n) is 12.2. The van der Waals surface area contributed by atoms with E-state index in [-0.39, 0.29) is 34.2 Å². The van der Waals surface area contributed by atoms with Gasteiger partial charge in [-0.15, -0.1) is 0 Å². The second kappa shape index (κ2) is 11.0. The zero-order chi connectivity index (χ0) is 27.5. The van der Waals surface area contributed by atoms with E-state index >= 15 is 0 Å². The van der Waals surface area contributed by atoms with Crippen molar-refractivity contribution in [3.05, 3.63) is 124 Å². The lowest BCUT2D eigenvalue weighted by Crippen LogP contribution is -2.29. The standard InChI is InChI=1S/C31H25ClN2O5/c1-19-15-24(30(38-2)25(32)16-19)28(35)26-27(34(31(37)29(26)36)18-20-11-13-33-14-12-20)21-7-6-10-23(17-21)39-22-8-4-3-5-9-22/h3-17,27,35H,18H2,1-2H3/b28-26+. The summed E-state index contributed by atoms with van der Waals surface area (Å²) in [5.41, 5.74) is 2.29. The number of Topliss-reactive ketones (excluding diaryl/α,β-unsaturated/α-hetero) is 1. The van der Waals surface area contributed by atoms with Crippen molar-refractivity contribution in [2.45, 2.75) is 19.5 Å². The maximum absolute atomic E-state index is 13.5. The van der Waals surface area contributed by atoms with Gasteiger partial charge in [0.25, 0.3) is 11.7 Å². The van der Waals surface area contributed by atoms with E-state index in [4.69, 9.17) is 21.1 Å². The van der Waals surface area contributed by atoms with Gasteiger partial charge >= 0.3 is 0 Å². The molecule has 7 nitrogen and oxygen atoms in total. The van der Waals surface area contributed by atoms with E-state index in [1.165, 1.54) is 12.0 Å². The van der Waals surface area contributed by atoms with Crippen LogP contribution in [0.5, 0.6) is 17.2 Å². The SMILES string of the molecule is COc1c(Cl)cc(C)cc1/C(O)=C1\C(=O)C(=O)N(Cc2ccncc2)C1c1cccc(Oc2ccccc2)c1. The monoisotopic (exact) mass is 540 g/mol. The molecule has 2 heterocycles. The van der Waals surface area contributed by atoms with Crippen molar-refractivity contribution in [1.29, 1.82) is 0 Å². The average molecular weight is 541 g/mol. The van der Waals surface area contributed by atoms with Crippen LogP contribution in [0.15, 0.2) is 96.8 Å². The molecule has 196 valence electrons. The number of likely N-dealkylation sites (tertiary alicyclic amines) is 1. The molecular weight excluding hydrogens is 516 g/mol. The summed E-state index contributed by atoms with van der Waals surface area (Å²) < 4.78 is 11.5. The number of rotatable bonds is 7. The number of methoxy groups -OCH3 is 1. The molecule has 0 spiro atoms. The quantitative estimate of drug-likeness (QED) is 0.164. The highest BCUT2D eigenvalue weighted by molar-refractivity contribution is 6.46. The summed E-state index contributed by atoms with van der Waals surface area (Å²) in [4.78, 5) is 32.4. The molecule has 0 aliphatic carbocycles. The lowest BCUT2D eigenvalue weighted by molar-refractivity contribution is -0.140. The molecule has 1 atom stereocenters. The van der Waals surface area contributed by atoms with Crippen molar-refractivity contribution < 1.29 is 24.2 Å². The summed E-state index contributed by atoms with van der Waals surface area (Å²) in [6.07, 6.45) is 3.24. The summed E-state index contributed by atoms with van der Waals surface area (Å²) >= 11 is 6.39. The number of ketones is 1. The van der Waals surface area contributed by atoms with Crippen LogP contribution in [0, 0.1) is 6.92 Å². The van der Waals surface area contributed by atoms with Gasteiger partial charge in [-0.25, -0.2) is 0 Å². The van der Waals surface area contributed by atoms with Gasteiger partial charge in [-0.3, -0.25) is 14.6 Å². The zero-order valence-corrected chi connectivity index (χ0v) is 22.1. The summed E-state index contributed by atoms with van der Waals surface area (Å²) in [6.45, 7) is 1.94. The number of benzene rings is 3. The maximum atomic E-state index is 13.5. The second-order valence-electron chi connectivity index (χ2n) is 9.10. The third-order valence-electron chi connectivity index (χ3n) is 6.44. The van der Waals surface area contributed by atoms with Gasteiger partial charge in [0.05, 0.1) is 29.3 Å². The van der Waals surface area contributed by atoms with E-state index in [1.54, 1.807) is 60.9 Å². The minimum Gasteiger partial charge on any atom is -0.507 e. The Bertz CT molecular complexity index is 1570. The fourth-order valence-corrected chi connectivity index (χ4v) is 5.06. The average Bonchev–Trinajstić information content (AvgIpc) is 3.18. The minimum atomic E-state index is -0.901. The maximum Gasteiger partial charge on any atom is 0.295 e. The predicted molar refractivity (Wildman–Crippen MR) is 148 cm³/mol. The Balaban J connectivity index is 1.67. The molecule has 1 aromatic heterocycles. The normalized spacial score (nSPS) is 16.4. The third kappa shape index (κ3) is 5.22. The number of aryl methyl sites for hydroxylation is 1. The Hall–Kier alpha value is -4.62. The van der Waals surface area contributed by atoms with Crippen LogP contribution in [0.3, 0.4) is 0 Å². The minimum absolute atomic E-state index is 0.0640. The van der Waals surface area contributed by atoms with Gasteiger partial charge in [0.2, 0.25) is 0 Å². The topological polar surface area (TPSA) is 89.0 Å². The number of aromatic nitrogens is 1. The number of ether oxygens (including phenoxy) is 2. The van der Waals surface area contributed by atoms with Gasteiger partial charge in [-0.05, 0) is 72.1 Å². The molecule has 1 fully saturated rings. The number of hydrogen-bond acceptors (Lipinski definition) is 6. The number of carbonyl (C=O) groups is 2. The fraction of sp³-hybridized carbons (Fsp3) is 0.129. The van der Waals surface area contributed by atoms with Crippen LogP contribution in [0.1, 0.15) is 28.3 Å². The number of aliphatic hydroxyl groups excluding tert-OH is 1. The number of pyridine rings is 1. The molecule has 0 saturated carbocycles. The summed E-state index contributed by atoms with van der Waals surface area (Å²) in [6, 6.07) is 22.4. The van der Waals surface area contributed by atoms with Crippen LogP contribution < -0.4 is 9.47 Å². The lowest BCUT2D eigenvalue weighted by atomic mass is 9.94. The van der Waals surface area contributed by atoms with Gasteiger partial charge < -0.3 is 19.5 Å². The molecular formula is C31H25ClN2O5. The molecule has 0 radical (unpaired) electrons. The molecule has 1 aliphatic rings. The van der Waals surface area contributed by atoms with E-state index < -0.39 is 17.7 Å². The number of nitrogens with zero attached hydrogens (tertiary/aromatic N) is 2. The van der Waals surface area contributed by atoms with Crippen LogP contribution in [-0.4, -0.2) is 33.8 Å². The lowest BCUT2D eigenvalue weighted by Gasteiger charge is -2.26. The van der Waals surface area contributed by atoms with Gasteiger partial charge in [-0.2, -0.15) is 0 Å². The second-order valence-corrected chi connectivity index (χ2v) is 9.50. The molecule has 3 aromatic carbocycles. The molecule has 1 amide bonds. The first kappa shape index (κ1) is 26.0. The third-order valence-corrected chi connectivity index (χ3v) is 6.72. The molecule has 1 unspecified atom stereocenters. The molecule has 5 rings (SSSR count). The molecule has 1 N–H and O–H groups in total. The predicted octanol–water partition coefficient (Wildman–Crippen LogP) is 6.47. The number of para-hydroxylation sites is 1. The largest absolute Gasteiger partial charge is 0.507 e. The molecule has 1 aliphatic heterocycles. The van der Waals surface area contributed by atoms with E-state index in [0.29, 0.717) is 17.1 Å². The number of amides is 1. The Labute approximate surface area is 230 Å². The highest BCUT2D eigenvalue weighted by atomic mass is 35.5. The smallest absolute Gasteiger partial charge is 0.295 e. The van der Waals surface area contributed by atoms with Gasteiger partial charge in [-0.1, -0.05) is 41.9 Å². The van der Waals surface area contributed by atoms with Crippen molar-refractivity contribution in [1.82, 2.24) is 9.88 Å². The first-order valence-corrected chi connectivity index (χ1v) is 12.6. The van der Waals surface area contributed by atoms with Crippen LogP contribution in [-0.2, 0) is 16.1 Å². The Morgan fingerprint density at radius 1 is 0.974 bits per heavy atom. The van der Waals surface area contributed by atoms with E-state index in [0.717, 1.165) is 11.1 Å². The molecule has 4 aromatic rings. The number of hydrogen-bond donors (Lipinski definition) is 1. The fourth-order valence-electron chi connectivity index (χ4n) is 4.70. The highest BCUT2D eigenvalue weighted by Gasteiger charge is 2.46. The number of halogens is 1. The van der Waals surface area contributed by atoms with Crippen molar-refractivity contribution in [2.75, 3.05) is 7.11 Å². The van der Waals surface area contributed by atoms with E-state index in [2.05, 4.69) is 4.98 Å². The van der Waals surface area contributed by atoms with E-state index in [9.17, 15) is 14.7 Å². The van der Waals surface area contributed by atoms with Crippen molar-refractivity contribution in [2.24, 2.45) is 0 Å². The van der Waals surface area contributed by atoms with Crippen molar-refractivity contribution >= 4 is 29.1 Å². The first-order chi connectivity index (χ1) is 18.9.